The van der Waals surface area contributed by atoms with Crippen LogP contribution < -0.4 is 0 Å². The summed E-state index contributed by atoms with van der Waals surface area (Å²) in [6.45, 7) is 2.59. The van der Waals surface area contributed by atoms with E-state index < -0.39 is 0 Å². The SMILES string of the molecule is Cc1onc(-c2ccccc2)c1-c1nnc(CN2[C@@H]3CC[C@H]2CC(c2ccccc2)C3)o1. The molecule has 6 rings (SSSR count). The van der Waals surface area contributed by atoms with Crippen LogP contribution in [0.2, 0.25) is 0 Å². The van der Waals surface area contributed by atoms with Crippen LogP contribution in [0.5, 0.6) is 0 Å². The normalized spacial score (nSPS) is 23.0. The largest absolute Gasteiger partial charge is 0.419 e. The van der Waals surface area contributed by atoms with Gasteiger partial charge in [0.15, 0.2) is 0 Å². The van der Waals surface area contributed by atoms with Crippen molar-refractivity contribution in [2.24, 2.45) is 0 Å². The van der Waals surface area contributed by atoms with Crippen molar-refractivity contribution in [1.29, 1.82) is 0 Å². The van der Waals surface area contributed by atoms with Crippen LogP contribution in [0.25, 0.3) is 22.7 Å². The molecule has 6 heteroatoms. The van der Waals surface area contributed by atoms with E-state index >= 15 is 0 Å². The minimum Gasteiger partial charge on any atom is -0.419 e. The van der Waals surface area contributed by atoms with E-state index in [1.54, 1.807) is 0 Å². The Hall–Kier alpha value is -3.25. The topological polar surface area (TPSA) is 68.2 Å². The van der Waals surface area contributed by atoms with Crippen LogP contribution in [0, 0.1) is 6.92 Å². The van der Waals surface area contributed by atoms with Crippen molar-refractivity contribution in [2.75, 3.05) is 0 Å². The van der Waals surface area contributed by atoms with Crippen LogP contribution in [0.3, 0.4) is 0 Å². The molecule has 2 aliphatic heterocycles. The lowest BCUT2D eigenvalue weighted by Crippen LogP contribution is -2.41. The molecule has 162 valence electrons. The highest BCUT2D eigenvalue weighted by atomic mass is 16.5. The van der Waals surface area contributed by atoms with Gasteiger partial charge in [0.1, 0.15) is 17.0 Å². The third-order valence-electron chi connectivity index (χ3n) is 7.06. The summed E-state index contributed by atoms with van der Waals surface area (Å²) in [6.07, 6.45) is 4.89. The van der Waals surface area contributed by atoms with Gasteiger partial charge in [0, 0.05) is 17.6 Å². The summed E-state index contributed by atoms with van der Waals surface area (Å²) in [5, 5.41) is 13.0. The molecule has 0 aliphatic carbocycles. The number of aromatic nitrogens is 3. The summed E-state index contributed by atoms with van der Waals surface area (Å²) in [5.74, 6) is 2.47. The second-order valence-corrected chi connectivity index (χ2v) is 8.97. The Morgan fingerprint density at radius 2 is 1.59 bits per heavy atom. The van der Waals surface area contributed by atoms with Gasteiger partial charge in [0.05, 0.1) is 6.54 Å². The lowest BCUT2D eigenvalue weighted by Gasteiger charge is -2.38. The molecule has 0 spiro atoms. The van der Waals surface area contributed by atoms with Gasteiger partial charge >= 0.3 is 0 Å². The van der Waals surface area contributed by atoms with Crippen LogP contribution in [0.15, 0.2) is 69.6 Å². The molecule has 0 N–H and O–H groups in total. The number of aryl methyl sites for hydroxylation is 1. The molecule has 2 aliphatic rings. The zero-order chi connectivity index (χ0) is 21.5. The first kappa shape index (κ1) is 19.4. The average molecular weight is 427 g/mol. The number of hydrogen-bond donors (Lipinski definition) is 0. The van der Waals surface area contributed by atoms with Crippen molar-refractivity contribution in [3.8, 4) is 22.7 Å². The Morgan fingerprint density at radius 3 is 2.31 bits per heavy atom. The van der Waals surface area contributed by atoms with Gasteiger partial charge < -0.3 is 8.94 Å². The smallest absolute Gasteiger partial charge is 0.253 e. The van der Waals surface area contributed by atoms with E-state index in [0.717, 1.165) is 16.8 Å². The molecule has 3 atom stereocenters. The lowest BCUT2D eigenvalue weighted by atomic mass is 9.85. The fourth-order valence-electron chi connectivity index (χ4n) is 5.52. The molecule has 4 heterocycles. The molecule has 6 nitrogen and oxygen atoms in total. The fraction of sp³-hybridized carbons (Fsp3) is 0.346. The number of hydrogen-bond acceptors (Lipinski definition) is 6. The number of rotatable bonds is 5. The van der Waals surface area contributed by atoms with Crippen LogP contribution in [-0.4, -0.2) is 32.3 Å². The van der Waals surface area contributed by atoms with Crippen LogP contribution in [0.1, 0.15) is 48.8 Å². The maximum atomic E-state index is 6.15. The van der Waals surface area contributed by atoms with E-state index in [2.05, 4.69) is 50.6 Å². The summed E-state index contributed by atoms with van der Waals surface area (Å²) in [7, 11) is 0. The quantitative estimate of drug-likeness (QED) is 0.413. The lowest BCUT2D eigenvalue weighted by molar-refractivity contribution is 0.108. The molecule has 0 radical (unpaired) electrons. The third-order valence-corrected chi connectivity index (χ3v) is 7.06. The highest BCUT2D eigenvalue weighted by molar-refractivity contribution is 5.77. The molecule has 0 amide bonds. The van der Waals surface area contributed by atoms with E-state index in [4.69, 9.17) is 8.94 Å². The summed E-state index contributed by atoms with van der Waals surface area (Å²) in [5.41, 5.74) is 3.96. The average Bonchev–Trinajstić information content (AvgIpc) is 3.50. The molecule has 32 heavy (non-hydrogen) atoms. The highest BCUT2D eigenvalue weighted by Gasteiger charge is 2.41. The Morgan fingerprint density at radius 1 is 0.906 bits per heavy atom. The predicted molar refractivity (Wildman–Crippen MR) is 121 cm³/mol. The van der Waals surface area contributed by atoms with Crippen molar-refractivity contribution in [1.82, 2.24) is 20.3 Å². The second-order valence-electron chi connectivity index (χ2n) is 8.97. The number of fused-ring (bicyclic) bond motifs is 2. The molecular weight excluding hydrogens is 400 g/mol. The summed E-state index contributed by atoms with van der Waals surface area (Å²) in [4.78, 5) is 2.58. The van der Waals surface area contributed by atoms with Gasteiger partial charge in [-0.25, -0.2) is 0 Å². The molecule has 2 saturated heterocycles. The molecule has 2 bridgehead atoms. The van der Waals surface area contributed by atoms with Crippen LogP contribution >= 0.6 is 0 Å². The summed E-state index contributed by atoms with van der Waals surface area (Å²) < 4.78 is 11.6. The van der Waals surface area contributed by atoms with Crippen molar-refractivity contribution in [3.05, 3.63) is 77.9 Å². The molecule has 2 aromatic heterocycles. The first-order chi connectivity index (χ1) is 15.8. The van der Waals surface area contributed by atoms with E-state index in [0.29, 0.717) is 42.1 Å². The zero-order valence-electron chi connectivity index (χ0n) is 18.1. The molecule has 2 fully saturated rings. The standard InChI is InChI=1S/C26H26N4O2/c1-17-24(25(29-32-17)19-10-6-3-7-11-19)26-28-27-23(31-26)16-30-21-12-13-22(30)15-20(14-21)18-8-4-2-5-9-18/h2-11,20-22H,12-16H2,1H3/t20?,21-,22+. The zero-order valence-corrected chi connectivity index (χ0v) is 18.1. The number of piperidine rings is 1. The second kappa shape index (κ2) is 8.02. The Labute approximate surface area is 187 Å². The molecular formula is C26H26N4O2. The highest BCUT2D eigenvalue weighted by Crippen LogP contribution is 2.43. The van der Waals surface area contributed by atoms with Crippen molar-refractivity contribution < 1.29 is 8.94 Å². The first-order valence-electron chi connectivity index (χ1n) is 11.4. The van der Waals surface area contributed by atoms with Gasteiger partial charge in [0.2, 0.25) is 5.89 Å². The molecule has 1 unspecified atom stereocenters. The maximum absolute atomic E-state index is 6.15. The third kappa shape index (κ3) is 3.45. The first-order valence-corrected chi connectivity index (χ1v) is 11.4. The van der Waals surface area contributed by atoms with E-state index in [9.17, 15) is 0 Å². The predicted octanol–water partition coefficient (Wildman–Crippen LogP) is 5.61. The maximum Gasteiger partial charge on any atom is 0.253 e. The van der Waals surface area contributed by atoms with Gasteiger partial charge in [-0.05, 0) is 44.1 Å². The number of benzene rings is 2. The fourth-order valence-corrected chi connectivity index (χ4v) is 5.52. The Kier molecular flexibility index (Phi) is 4.87. The van der Waals surface area contributed by atoms with Gasteiger partial charge in [-0.15, -0.1) is 10.2 Å². The molecule has 2 aromatic carbocycles. The summed E-state index contributed by atoms with van der Waals surface area (Å²) in [6, 6.07) is 22.1. The van der Waals surface area contributed by atoms with Gasteiger partial charge in [-0.3, -0.25) is 4.90 Å². The van der Waals surface area contributed by atoms with Crippen molar-refractivity contribution in [2.45, 2.75) is 57.2 Å². The van der Waals surface area contributed by atoms with Crippen LogP contribution in [0.4, 0.5) is 0 Å². The van der Waals surface area contributed by atoms with E-state index in [1.807, 2.05) is 37.3 Å². The van der Waals surface area contributed by atoms with Gasteiger partial charge in [0.25, 0.3) is 5.89 Å². The van der Waals surface area contributed by atoms with Crippen molar-refractivity contribution in [3.63, 3.8) is 0 Å². The Bertz CT molecular complexity index is 1190. The van der Waals surface area contributed by atoms with Crippen LogP contribution in [-0.2, 0) is 6.54 Å². The minimum atomic E-state index is 0.476. The molecule has 4 aromatic rings. The van der Waals surface area contributed by atoms with Gasteiger partial charge in [-0.1, -0.05) is 65.8 Å². The van der Waals surface area contributed by atoms with Crippen molar-refractivity contribution >= 4 is 0 Å². The van der Waals surface area contributed by atoms with E-state index in [-0.39, 0.29) is 0 Å². The monoisotopic (exact) mass is 426 g/mol. The van der Waals surface area contributed by atoms with Gasteiger partial charge in [-0.2, -0.15) is 0 Å². The Balaban J connectivity index is 1.21. The molecule has 0 saturated carbocycles. The summed E-state index contributed by atoms with van der Waals surface area (Å²) >= 11 is 0. The van der Waals surface area contributed by atoms with E-state index in [1.165, 1.54) is 31.2 Å². The minimum absolute atomic E-state index is 0.476. The number of nitrogens with zero attached hydrogens (tertiary/aromatic N) is 4.